The summed E-state index contributed by atoms with van der Waals surface area (Å²) >= 11 is 1.51. The first-order valence-electron chi connectivity index (χ1n) is 8.22. The third-order valence-corrected chi connectivity index (χ3v) is 5.01. The highest BCUT2D eigenvalue weighted by atomic mass is 32.1. The van der Waals surface area contributed by atoms with Gasteiger partial charge in [-0.2, -0.15) is 0 Å². The minimum absolute atomic E-state index is 0.0714. The van der Waals surface area contributed by atoms with E-state index < -0.39 is 6.04 Å². The second kappa shape index (κ2) is 7.79. The number of carbonyl (C=O) groups is 2. The molecule has 0 aliphatic carbocycles. The Balaban J connectivity index is 1.64. The molecule has 8 heteroatoms. The number of hydrogen-bond acceptors (Lipinski definition) is 6. The molecule has 1 atom stereocenters. The van der Waals surface area contributed by atoms with E-state index in [9.17, 15) is 9.59 Å². The van der Waals surface area contributed by atoms with Crippen molar-refractivity contribution in [3.05, 3.63) is 40.2 Å². The summed E-state index contributed by atoms with van der Waals surface area (Å²) in [5.74, 6) is 1.47. The Hall–Kier alpha value is -2.19. The van der Waals surface area contributed by atoms with Gasteiger partial charge in [0.15, 0.2) is 0 Å². The zero-order valence-corrected chi connectivity index (χ0v) is 15.2. The highest BCUT2D eigenvalue weighted by molar-refractivity contribution is 7.09. The molecule has 0 saturated carbocycles. The summed E-state index contributed by atoms with van der Waals surface area (Å²) in [6.45, 7) is 4.15. The fraction of sp³-hybridized carbons (Fsp3) is 0.471. The van der Waals surface area contributed by atoms with Crippen LogP contribution in [0.15, 0.2) is 28.1 Å². The lowest BCUT2D eigenvalue weighted by atomic mass is 10.1. The van der Waals surface area contributed by atoms with E-state index in [0.29, 0.717) is 26.2 Å². The van der Waals surface area contributed by atoms with Gasteiger partial charge in [0.05, 0.1) is 25.6 Å². The van der Waals surface area contributed by atoms with Gasteiger partial charge in [-0.05, 0) is 19.1 Å². The lowest BCUT2D eigenvalue weighted by Gasteiger charge is -2.34. The summed E-state index contributed by atoms with van der Waals surface area (Å²) in [7, 11) is 1.74. The summed E-state index contributed by atoms with van der Waals surface area (Å²) in [5.41, 5.74) is 0. The molecule has 0 aromatic carbocycles. The third-order valence-electron chi connectivity index (χ3n) is 4.25. The number of furan rings is 1. The average Bonchev–Trinajstić information content (AvgIpc) is 3.22. The molecule has 134 valence electrons. The van der Waals surface area contributed by atoms with Gasteiger partial charge in [0.25, 0.3) is 0 Å². The zero-order valence-electron chi connectivity index (χ0n) is 14.4. The lowest BCUT2D eigenvalue weighted by Crippen LogP contribution is -2.56. The molecule has 0 spiro atoms. The van der Waals surface area contributed by atoms with Crippen LogP contribution in [0.4, 0.5) is 0 Å². The molecular formula is C17H22N4O3S. The maximum Gasteiger partial charge on any atom is 0.237 e. The summed E-state index contributed by atoms with van der Waals surface area (Å²) < 4.78 is 5.62. The molecule has 2 amide bonds. The molecule has 0 radical (unpaired) electrons. The second-order valence-electron chi connectivity index (χ2n) is 6.17. The number of nitrogens with one attached hydrogen (secondary N) is 1. The molecule has 7 nitrogen and oxygen atoms in total. The van der Waals surface area contributed by atoms with Gasteiger partial charge in [-0.15, -0.1) is 11.3 Å². The topological polar surface area (TPSA) is 78.7 Å². The second-order valence-corrected chi connectivity index (χ2v) is 7.15. The maximum atomic E-state index is 12.6. The average molecular weight is 362 g/mol. The van der Waals surface area contributed by atoms with Crippen molar-refractivity contribution >= 4 is 23.2 Å². The van der Waals surface area contributed by atoms with Crippen LogP contribution in [0.1, 0.15) is 22.9 Å². The van der Waals surface area contributed by atoms with Crippen LogP contribution in [0.2, 0.25) is 0 Å². The number of thiazole rings is 1. The zero-order chi connectivity index (χ0) is 17.8. The van der Waals surface area contributed by atoms with Crippen LogP contribution >= 0.6 is 11.3 Å². The molecule has 3 rings (SSSR count). The standard InChI is InChI=1S/C17H22N4O3S/c1-12-3-4-13(24-12)10-21-7-5-19-17(23)14(21)9-16(22)20(2)11-15-18-6-8-25-15/h3-4,6,8,14H,5,7,9-11H2,1-2H3,(H,19,23). The Morgan fingerprint density at radius 2 is 2.36 bits per heavy atom. The van der Waals surface area contributed by atoms with Crippen LogP contribution in [-0.4, -0.2) is 52.8 Å². The number of aromatic nitrogens is 1. The van der Waals surface area contributed by atoms with Crippen molar-refractivity contribution in [3.63, 3.8) is 0 Å². The molecule has 1 aliphatic heterocycles. The van der Waals surface area contributed by atoms with Crippen molar-refractivity contribution in [1.82, 2.24) is 20.1 Å². The van der Waals surface area contributed by atoms with Gasteiger partial charge < -0.3 is 14.6 Å². The van der Waals surface area contributed by atoms with Crippen molar-refractivity contribution < 1.29 is 14.0 Å². The van der Waals surface area contributed by atoms with Crippen molar-refractivity contribution in [2.75, 3.05) is 20.1 Å². The minimum atomic E-state index is -0.481. The fourth-order valence-electron chi connectivity index (χ4n) is 2.89. The van der Waals surface area contributed by atoms with Gasteiger partial charge in [-0.25, -0.2) is 4.98 Å². The van der Waals surface area contributed by atoms with Crippen molar-refractivity contribution in [2.24, 2.45) is 0 Å². The first-order valence-corrected chi connectivity index (χ1v) is 9.10. The predicted octanol–water partition coefficient (Wildman–Crippen LogP) is 1.39. The summed E-state index contributed by atoms with van der Waals surface area (Å²) in [6, 6.07) is 3.33. The van der Waals surface area contributed by atoms with Gasteiger partial charge in [0, 0.05) is 31.7 Å². The number of nitrogens with zero attached hydrogens (tertiary/aromatic N) is 3. The Kier molecular flexibility index (Phi) is 5.50. The quantitative estimate of drug-likeness (QED) is 0.840. The Bertz CT molecular complexity index is 728. The van der Waals surface area contributed by atoms with Gasteiger partial charge >= 0.3 is 0 Å². The molecule has 2 aromatic heterocycles. The van der Waals surface area contributed by atoms with Gasteiger partial charge in [-0.1, -0.05) is 0 Å². The van der Waals surface area contributed by atoms with Crippen LogP contribution < -0.4 is 5.32 Å². The first kappa shape index (κ1) is 17.6. The smallest absolute Gasteiger partial charge is 0.237 e. The summed E-state index contributed by atoms with van der Waals surface area (Å²) in [4.78, 5) is 32.7. The van der Waals surface area contributed by atoms with E-state index in [2.05, 4.69) is 10.3 Å². The number of amides is 2. The number of hydrogen-bond donors (Lipinski definition) is 1. The lowest BCUT2D eigenvalue weighted by molar-refractivity contribution is -0.138. The maximum absolute atomic E-state index is 12.6. The minimum Gasteiger partial charge on any atom is -0.465 e. The number of rotatable bonds is 6. The van der Waals surface area contributed by atoms with E-state index in [4.69, 9.17) is 4.42 Å². The van der Waals surface area contributed by atoms with E-state index in [1.807, 2.05) is 29.3 Å². The number of aryl methyl sites for hydroxylation is 1. The van der Waals surface area contributed by atoms with Crippen LogP contribution in [0, 0.1) is 6.92 Å². The number of piperazine rings is 1. The van der Waals surface area contributed by atoms with E-state index in [-0.39, 0.29) is 18.2 Å². The molecular weight excluding hydrogens is 340 g/mol. The number of carbonyl (C=O) groups excluding carboxylic acids is 2. The molecule has 1 N–H and O–H groups in total. The van der Waals surface area contributed by atoms with Gasteiger partial charge in [-0.3, -0.25) is 14.5 Å². The molecule has 3 heterocycles. The highest BCUT2D eigenvalue weighted by Gasteiger charge is 2.33. The monoisotopic (exact) mass is 362 g/mol. The summed E-state index contributed by atoms with van der Waals surface area (Å²) in [6.07, 6.45) is 1.87. The van der Waals surface area contributed by atoms with Crippen molar-refractivity contribution in [3.8, 4) is 0 Å². The highest BCUT2D eigenvalue weighted by Crippen LogP contribution is 2.17. The SMILES string of the molecule is Cc1ccc(CN2CCNC(=O)C2CC(=O)N(C)Cc2nccs2)o1. The molecule has 25 heavy (non-hydrogen) atoms. The van der Waals surface area contributed by atoms with Crippen LogP contribution in [-0.2, 0) is 22.7 Å². The molecule has 1 saturated heterocycles. The van der Waals surface area contributed by atoms with E-state index in [1.54, 1.807) is 18.1 Å². The van der Waals surface area contributed by atoms with Crippen LogP contribution in [0.25, 0.3) is 0 Å². The van der Waals surface area contributed by atoms with Crippen LogP contribution in [0.5, 0.6) is 0 Å². The largest absolute Gasteiger partial charge is 0.465 e. The molecule has 2 aromatic rings. The third kappa shape index (κ3) is 4.46. The van der Waals surface area contributed by atoms with E-state index in [0.717, 1.165) is 16.5 Å². The molecule has 1 aliphatic rings. The summed E-state index contributed by atoms with van der Waals surface area (Å²) in [5, 5.41) is 5.62. The Labute approximate surface area is 150 Å². The fourth-order valence-corrected chi connectivity index (χ4v) is 3.56. The van der Waals surface area contributed by atoms with Crippen LogP contribution in [0.3, 0.4) is 0 Å². The first-order chi connectivity index (χ1) is 12.0. The van der Waals surface area contributed by atoms with Gasteiger partial charge in [0.1, 0.15) is 16.5 Å². The van der Waals surface area contributed by atoms with Gasteiger partial charge in [0.2, 0.25) is 11.8 Å². The van der Waals surface area contributed by atoms with Crippen molar-refractivity contribution in [2.45, 2.75) is 32.5 Å². The molecule has 1 unspecified atom stereocenters. The van der Waals surface area contributed by atoms with Crippen molar-refractivity contribution in [1.29, 1.82) is 0 Å². The Morgan fingerprint density at radius 3 is 3.04 bits per heavy atom. The molecule has 1 fully saturated rings. The van der Waals surface area contributed by atoms with E-state index in [1.165, 1.54) is 11.3 Å². The normalized spacial score (nSPS) is 18.2. The van der Waals surface area contributed by atoms with E-state index >= 15 is 0 Å². The predicted molar refractivity (Wildman–Crippen MR) is 93.9 cm³/mol. The molecule has 0 bridgehead atoms. The Morgan fingerprint density at radius 1 is 1.52 bits per heavy atom.